The van der Waals surface area contributed by atoms with E-state index in [0.29, 0.717) is 0 Å². The van der Waals surface area contributed by atoms with Crippen molar-refractivity contribution in [1.29, 1.82) is 0 Å². The number of rotatable bonds is 7. The fraction of sp³-hybridized carbons (Fsp3) is 1.00. The van der Waals surface area contributed by atoms with Crippen LogP contribution in [0, 0.1) is 5.92 Å². The van der Waals surface area contributed by atoms with E-state index >= 15 is 0 Å². The molecule has 1 rings (SSSR count). The van der Waals surface area contributed by atoms with Crippen LogP contribution in [0.5, 0.6) is 0 Å². The molecule has 0 aliphatic carbocycles. The van der Waals surface area contributed by atoms with Crippen LogP contribution in [-0.4, -0.2) is 51.8 Å². The highest BCUT2D eigenvalue weighted by atomic mass is 16.5. The fourth-order valence-corrected chi connectivity index (χ4v) is 2.12. The van der Waals surface area contributed by atoms with Gasteiger partial charge in [-0.15, -0.1) is 0 Å². The molecule has 0 amide bonds. The van der Waals surface area contributed by atoms with Crippen LogP contribution < -0.4 is 5.32 Å². The van der Waals surface area contributed by atoms with Crippen molar-refractivity contribution in [2.75, 3.05) is 46.9 Å². The first-order valence-corrected chi connectivity index (χ1v) is 6.21. The molecule has 1 aliphatic heterocycles. The zero-order valence-corrected chi connectivity index (χ0v) is 10.3. The van der Waals surface area contributed by atoms with Gasteiger partial charge in [-0.1, -0.05) is 0 Å². The maximum Gasteiger partial charge on any atom is 0.0474 e. The molecular formula is C12H26N2O. The summed E-state index contributed by atoms with van der Waals surface area (Å²) < 4.78 is 5.00. The van der Waals surface area contributed by atoms with Crippen LogP contribution in [0.3, 0.4) is 0 Å². The number of nitrogens with zero attached hydrogens (tertiary/aromatic N) is 1. The van der Waals surface area contributed by atoms with Gasteiger partial charge in [0.25, 0.3) is 0 Å². The lowest BCUT2D eigenvalue weighted by molar-refractivity contribution is 0.192. The molecule has 1 aliphatic rings. The Kier molecular flexibility index (Phi) is 6.98. The Balaban J connectivity index is 1.87. The molecule has 0 aromatic rings. The molecule has 1 saturated heterocycles. The van der Waals surface area contributed by atoms with E-state index in [1.807, 2.05) is 0 Å². The third-order valence-corrected chi connectivity index (χ3v) is 3.27. The topological polar surface area (TPSA) is 24.5 Å². The molecule has 3 heteroatoms. The van der Waals surface area contributed by atoms with E-state index in [2.05, 4.69) is 17.3 Å². The third kappa shape index (κ3) is 6.13. The Labute approximate surface area is 94.2 Å². The van der Waals surface area contributed by atoms with E-state index in [0.717, 1.165) is 25.5 Å². The van der Waals surface area contributed by atoms with E-state index in [1.54, 1.807) is 7.11 Å². The minimum atomic E-state index is 0.876. The lowest BCUT2D eigenvalue weighted by Crippen LogP contribution is -2.31. The minimum Gasteiger partial charge on any atom is -0.385 e. The highest BCUT2D eigenvalue weighted by Gasteiger charge is 2.15. The van der Waals surface area contributed by atoms with Crippen molar-refractivity contribution in [3.8, 4) is 0 Å². The molecule has 1 fully saturated rings. The Hall–Kier alpha value is -0.120. The number of piperidine rings is 1. The summed E-state index contributed by atoms with van der Waals surface area (Å²) in [4.78, 5) is 2.43. The standard InChI is InChI=1S/C12H26N2O/c1-14-9-5-12(6-10-14)4-8-13-7-3-11-15-2/h12-13H,3-11H2,1-2H3. The molecule has 0 bridgehead atoms. The van der Waals surface area contributed by atoms with Crippen LogP contribution in [0.4, 0.5) is 0 Å². The van der Waals surface area contributed by atoms with Gasteiger partial charge in [-0.25, -0.2) is 0 Å². The molecule has 0 unspecified atom stereocenters. The highest BCUT2D eigenvalue weighted by molar-refractivity contribution is 4.70. The molecule has 1 N–H and O–H groups in total. The lowest BCUT2D eigenvalue weighted by atomic mass is 9.94. The van der Waals surface area contributed by atoms with Gasteiger partial charge in [0.15, 0.2) is 0 Å². The Morgan fingerprint density at radius 1 is 1.27 bits per heavy atom. The summed E-state index contributed by atoms with van der Waals surface area (Å²) >= 11 is 0. The number of ether oxygens (including phenoxy) is 1. The molecule has 0 saturated carbocycles. The van der Waals surface area contributed by atoms with Gasteiger partial charge in [0.1, 0.15) is 0 Å². The van der Waals surface area contributed by atoms with Crippen molar-refractivity contribution < 1.29 is 4.74 Å². The Bertz CT molecular complexity index is 145. The van der Waals surface area contributed by atoms with Crippen molar-refractivity contribution in [3.05, 3.63) is 0 Å². The smallest absolute Gasteiger partial charge is 0.0474 e. The average Bonchev–Trinajstić information content (AvgIpc) is 2.26. The normalized spacial score (nSPS) is 19.6. The minimum absolute atomic E-state index is 0.876. The monoisotopic (exact) mass is 214 g/mol. The number of hydrogen-bond acceptors (Lipinski definition) is 3. The second kappa shape index (κ2) is 8.08. The molecule has 15 heavy (non-hydrogen) atoms. The second-order valence-electron chi connectivity index (χ2n) is 4.63. The number of nitrogens with one attached hydrogen (secondary N) is 1. The van der Waals surface area contributed by atoms with Gasteiger partial charge in [0, 0.05) is 13.7 Å². The van der Waals surface area contributed by atoms with E-state index in [-0.39, 0.29) is 0 Å². The van der Waals surface area contributed by atoms with Crippen molar-refractivity contribution in [3.63, 3.8) is 0 Å². The van der Waals surface area contributed by atoms with Crippen LogP contribution in [-0.2, 0) is 4.74 Å². The second-order valence-corrected chi connectivity index (χ2v) is 4.63. The maximum atomic E-state index is 5.00. The SMILES string of the molecule is COCCCNCCC1CCN(C)CC1. The van der Waals surface area contributed by atoms with Crippen LogP contribution in [0.2, 0.25) is 0 Å². The fourth-order valence-electron chi connectivity index (χ4n) is 2.12. The Morgan fingerprint density at radius 2 is 2.00 bits per heavy atom. The quantitative estimate of drug-likeness (QED) is 0.647. The molecule has 90 valence electrons. The predicted molar refractivity (Wildman–Crippen MR) is 64.2 cm³/mol. The van der Waals surface area contributed by atoms with Gasteiger partial charge in [0.2, 0.25) is 0 Å². The molecule has 1 heterocycles. The molecule has 0 aromatic heterocycles. The van der Waals surface area contributed by atoms with Crippen LogP contribution in [0.15, 0.2) is 0 Å². The van der Waals surface area contributed by atoms with Gasteiger partial charge in [-0.05, 0) is 64.8 Å². The van der Waals surface area contributed by atoms with E-state index in [1.165, 1.54) is 38.9 Å². The molecular weight excluding hydrogens is 188 g/mol. The molecule has 0 atom stereocenters. The summed E-state index contributed by atoms with van der Waals surface area (Å²) in [6, 6.07) is 0. The van der Waals surface area contributed by atoms with Crippen LogP contribution in [0.1, 0.15) is 25.7 Å². The van der Waals surface area contributed by atoms with Gasteiger partial charge in [-0.2, -0.15) is 0 Å². The van der Waals surface area contributed by atoms with Crippen LogP contribution in [0.25, 0.3) is 0 Å². The third-order valence-electron chi connectivity index (χ3n) is 3.27. The van der Waals surface area contributed by atoms with E-state index in [4.69, 9.17) is 4.74 Å². The van der Waals surface area contributed by atoms with Crippen molar-refractivity contribution in [2.45, 2.75) is 25.7 Å². The maximum absolute atomic E-state index is 5.00. The lowest BCUT2D eigenvalue weighted by Gasteiger charge is -2.28. The van der Waals surface area contributed by atoms with E-state index in [9.17, 15) is 0 Å². The first kappa shape index (κ1) is 12.9. The van der Waals surface area contributed by atoms with Gasteiger partial charge >= 0.3 is 0 Å². The summed E-state index contributed by atoms with van der Waals surface area (Å²) in [5.74, 6) is 0.955. The molecule has 0 spiro atoms. The molecule has 0 aromatic carbocycles. The zero-order valence-electron chi connectivity index (χ0n) is 10.3. The predicted octanol–water partition coefficient (Wildman–Crippen LogP) is 1.34. The van der Waals surface area contributed by atoms with E-state index < -0.39 is 0 Å². The van der Waals surface area contributed by atoms with Crippen LogP contribution >= 0.6 is 0 Å². The van der Waals surface area contributed by atoms with Crippen molar-refractivity contribution >= 4 is 0 Å². The van der Waals surface area contributed by atoms with Gasteiger partial charge in [0.05, 0.1) is 0 Å². The summed E-state index contributed by atoms with van der Waals surface area (Å²) in [5.41, 5.74) is 0. The average molecular weight is 214 g/mol. The largest absolute Gasteiger partial charge is 0.385 e. The first-order valence-electron chi connectivity index (χ1n) is 6.21. The zero-order chi connectivity index (χ0) is 10.9. The summed E-state index contributed by atoms with van der Waals surface area (Å²) in [7, 11) is 3.98. The molecule has 3 nitrogen and oxygen atoms in total. The summed E-state index contributed by atoms with van der Waals surface area (Å²) in [5, 5.41) is 3.49. The highest BCUT2D eigenvalue weighted by Crippen LogP contribution is 2.18. The molecule has 0 radical (unpaired) electrons. The van der Waals surface area contributed by atoms with Gasteiger partial charge < -0.3 is 15.0 Å². The number of likely N-dealkylation sites (tertiary alicyclic amines) is 1. The number of hydrogen-bond donors (Lipinski definition) is 1. The Morgan fingerprint density at radius 3 is 2.67 bits per heavy atom. The van der Waals surface area contributed by atoms with Crippen molar-refractivity contribution in [2.24, 2.45) is 5.92 Å². The summed E-state index contributed by atoms with van der Waals surface area (Å²) in [6.07, 6.45) is 5.25. The van der Waals surface area contributed by atoms with Gasteiger partial charge in [-0.3, -0.25) is 0 Å². The summed E-state index contributed by atoms with van der Waals surface area (Å²) in [6.45, 7) is 5.72. The number of methoxy groups -OCH3 is 1. The van der Waals surface area contributed by atoms with Crippen molar-refractivity contribution in [1.82, 2.24) is 10.2 Å². The first-order chi connectivity index (χ1) is 7.33.